The maximum atomic E-state index is 8.63. The smallest absolute Gasteiger partial charge is 0.207 e. The lowest BCUT2D eigenvalue weighted by atomic mass is 10.3. The fourth-order valence-corrected chi connectivity index (χ4v) is 2.45. The van der Waals surface area contributed by atoms with E-state index in [4.69, 9.17) is 5.26 Å². The quantitative estimate of drug-likeness (QED) is 0.615. The lowest BCUT2D eigenvalue weighted by Crippen LogP contribution is -2.42. The fraction of sp³-hybridized carbons (Fsp3) is 0.500. The van der Waals surface area contributed by atoms with Gasteiger partial charge in [-0.1, -0.05) is 0 Å². The van der Waals surface area contributed by atoms with Crippen molar-refractivity contribution in [2.24, 2.45) is 4.99 Å². The molecule has 0 bridgehead atoms. The van der Waals surface area contributed by atoms with Crippen molar-refractivity contribution in [2.75, 3.05) is 13.1 Å². The third kappa shape index (κ3) is 2.49. The van der Waals surface area contributed by atoms with Crippen LogP contribution in [0.2, 0.25) is 0 Å². The average Bonchev–Trinajstić information content (AvgIpc) is 2.67. The number of nitrogens with one attached hydrogen (secondary N) is 1. The number of rotatable bonds is 2. The Balaban J connectivity index is 2.05. The number of aryl methyl sites for hydroxylation is 1. The summed E-state index contributed by atoms with van der Waals surface area (Å²) in [6.07, 6.45) is 4.85. The van der Waals surface area contributed by atoms with E-state index in [0.717, 1.165) is 31.1 Å². The molecule has 1 aliphatic heterocycles. The molecule has 2 heterocycles. The number of nitriles is 1. The summed E-state index contributed by atoms with van der Waals surface area (Å²) < 4.78 is 0. The van der Waals surface area contributed by atoms with Crippen molar-refractivity contribution in [3.8, 4) is 6.19 Å². The maximum absolute atomic E-state index is 8.63. The third-order valence-corrected chi connectivity index (χ3v) is 3.23. The van der Waals surface area contributed by atoms with Crippen LogP contribution in [0, 0.1) is 18.4 Å². The van der Waals surface area contributed by atoms with E-state index in [-0.39, 0.29) is 0 Å². The van der Waals surface area contributed by atoms with Crippen LogP contribution in [-0.2, 0) is 6.54 Å². The summed E-state index contributed by atoms with van der Waals surface area (Å²) in [4.78, 5) is 11.8. The molecule has 2 rings (SSSR count). The number of guanidine groups is 1. The van der Waals surface area contributed by atoms with Gasteiger partial charge in [-0.05, 0) is 13.3 Å². The first kappa shape index (κ1) is 10.9. The van der Waals surface area contributed by atoms with Crippen molar-refractivity contribution in [3.05, 3.63) is 16.1 Å². The SMILES string of the molecule is Cc1ncc(CN2CCCN=C2NC#N)s1. The first-order chi connectivity index (χ1) is 7.79. The van der Waals surface area contributed by atoms with Crippen molar-refractivity contribution in [2.45, 2.75) is 19.9 Å². The van der Waals surface area contributed by atoms with Crippen LogP contribution in [0.25, 0.3) is 0 Å². The molecule has 1 aromatic heterocycles. The number of aliphatic imine (C=N–C) groups is 1. The molecule has 0 atom stereocenters. The minimum absolute atomic E-state index is 0.680. The summed E-state index contributed by atoms with van der Waals surface area (Å²) in [5.74, 6) is 0.680. The van der Waals surface area contributed by atoms with E-state index in [1.54, 1.807) is 11.3 Å². The summed E-state index contributed by atoms with van der Waals surface area (Å²) in [7, 11) is 0. The van der Waals surface area contributed by atoms with Gasteiger partial charge < -0.3 is 4.90 Å². The van der Waals surface area contributed by atoms with E-state index in [0.29, 0.717) is 5.96 Å². The highest BCUT2D eigenvalue weighted by atomic mass is 32.1. The van der Waals surface area contributed by atoms with Gasteiger partial charge in [0.1, 0.15) is 0 Å². The van der Waals surface area contributed by atoms with Crippen LogP contribution >= 0.6 is 11.3 Å². The second-order valence-electron chi connectivity index (χ2n) is 3.56. The third-order valence-electron chi connectivity index (χ3n) is 2.33. The van der Waals surface area contributed by atoms with E-state index in [9.17, 15) is 0 Å². The van der Waals surface area contributed by atoms with Crippen LogP contribution in [0.4, 0.5) is 0 Å². The fourth-order valence-electron chi connectivity index (χ4n) is 1.64. The first-order valence-electron chi connectivity index (χ1n) is 5.15. The molecular formula is C10H13N5S. The molecule has 0 saturated heterocycles. The Morgan fingerprint density at radius 1 is 1.69 bits per heavy atom. The molecule has 0 spiro atoms. The largest absolute Gasteiger partial charge is 0.337 e. The molecule has 84 valence electrons. The topological polar surface area (TPSA) is 64.3 Å². The van der Waals surface area contributed by atoms with Gasteiger partial charge in [-0.25, -0.2) is 4.98 Å². The van der Waals surface area contributed by atoms with Gasteiger partial charge in [0.2, 0.25) is 5.96 Å². The van der Waals surface area contributed by atoms with Gasteiger partial charge in [-0.3, -0.25) is 10.3 Å². The molecule has 5 nitrogen and oxygen atoms in total. The Kier molecular flexibility index (Phi) is 3.37. The van der Waals surface area contributed by atoms with Gasteiger partial charge in [-0.2, -0.15) is 5.26 Å². The summed E-state index contributed by atoms with van der Waals surface area (Å²) in [6.45, 7) is 4.50. The zero-order valence-corrected chi connectivity index (χ0v) is 9.92. The maximum Gasteiger partial charge on any atom is 0.207 e. The monoisotopic (exact) mass is 235 g/mol. The number of thiazole rings is 1. The summed E-state index contributed by atoms with van der Waals surface area (Å²) >= 11 is 1.68. The molecule has 1 aliphatic rings. The Bertz CT molecular complexity index is 431. The summed E-state index contributed by atoms with van der Waals surface area (Å²) in [6, 6.07) is 0. The van der Waals surface area contributed by atoms with Crippen LogP contribution in [0.5, 0.6) is 0 Å². The number of aromatic nitrogens is 1. The molecule has 6 heteroatoms. The Hall–Kier alpha value is -1.61. The zero-order chi connectivity index (χ0) is 11.4. The van der Waals surface area contributed by atoms with Gasteiger partial charge in [0.05, 0.1) is 11.6 Å². The van der Waals surface area contributed by atoms with Crippen LogP contribution in [0.15, 0.2) is 11.2 Å². The second kappa shape index (κ2) is 4.94. The molecular weight excluding hydrogens is 222 g/mol. The molecule has 0 radical (unpaired) electrons. The van der Waals surface area contributed by atoms with Crippen molar-refractivity contribution < 1.29 is 0 Å². The number of hydrogen-bond donors (Lipinski definition) is 1. The van der Waals surface area contributed by atoms with Gasteiger partial charge in [0, 0.05) is 24.2 Å². The molecule has 0 fully saturated rings. The molecule has 1 N–H and O–H groups in total. The minimum Gasteiger partial charge on any atom is -0.337 e. The molecule has 0 aliphatic carbocycles. The van der Waals surface area contributed by atoms with Crippen molar-refractivity contribution in [3.63, 3.8) is 0 Å². The molecule has 0 unspecified atom stereocenters. The van der Waals surface area contributed by atoms with E-state index in [1.165, 1.54) is 4.88 Å². The lowest BCUT2D eigenvalue weighted by molar-refractivity contribution is 0.381. The number of nitrogens with zero attached hydrogens (tertiary/aromatic N) is 4. The van der Waals surface area contributed by atoms with E-state index in [1.807, 2.05) is 19.3 Å². The van der Waals surface area contributed by atoms with E-state index >= 15 is 0 Å². The zero-order valence-electron chi connectivity index (χ0n) is 9.10. The van der Waals surface area contributed by atoms with Crippen molar-refractivity contribution in [1.82, 2.24) is 15.2 Å². The Morgan fingerprint density at radius 2 is 2.56 bits per heavy atom. The van der Waals surface area contributed by atoms with Crippen LogP contribution in [-0.4, -0.2) is 28.9 Å². The standard InChI is InChI=1S/C10H13N5S/c1-8-13-5-9(16-8)6-15-4-2-3-12-10(15)14-7-11/h5H,2-4,6H2,1H3,(H,12,14). The molecule has 16 heavy (non-hydrogen) atoms. The predicted molar refractivity (Wildman–Crippen MR) is 62.9 cm³/mol. The van der Waals surface area contributed by atoms with Crippen molar-refractivity contribution >= 4 is 17.3 Å². The minimum atomic E-state index is 0.680. The Labute approximate surface area is 98.4 Å². The van der Waals surface area contributed by atoms with Crippen molar-refractivity contribution in [1.29, 1.82) is 5.26 Å². The van der Waals surface area contributed by atoms with Crippen LogP contribution < -0.4 is 5.32 Å². The second-order valence-corrected chi connectivity index (χ2v) is 4.88. The van der Waals surface area contributed by atoms with E-state index in [2.05, 4.69) is 20.2 Å². The molecule has 0 aromatic carbocycles. The predicted octanol–water partition coefficient (Wildman–Crippen LogP) is 1.08. The lowest BCUT2D eigenvalue weighted by Gasteiger charge is -2.27. The highest BCUT2D eigenvalue weighted by Crippen LogP contribution is 2.15. The highest BCUT2D eigenvalue weighted by molar-refractivity contribution is 7.11. The summed E-state index contributed by atoms with van der Waals surface area (Å²) in [5.41, 5.74) is 0. The average molecular weight is 235 g/mol. The highest BCUT2D eigenvalue weighted by Gasteiger charge is 2.15. The van der Waals surface area contributed by atoms with Gasteiger partial charge >= 0.3 is 0 Å². The van der Waals surface area contributed by atoms with Gasteiger partial charge in [0.15, 0.2) is 6.19 Å². The summed E-state index contributed by atoms with van der Waals surface area (Å²) in [5, 5.41) is 12.3. The molecule has 0 saturated carbocycles. The van der Waals surface area contributed by atoms with Crippen LogP contribution in [0.1, 0.15) is 16.3 Å². The molecule has 1 aromatic rings. The van der Waals surface area contributed by atoms with Gasteiger partial charge in [0.25, 0.3) is 0 Å². The molecule has 0 amide bonds. The Morgan fingerprint density at radius 3 is 3.25 bits per heavy atom. The first-order valence-corrected chi connectivity index (χ1v) is 5.97. The normalized spacial score (nSPS) is 15.5. The van der Waals surface area contributed by atoms with Gasteiger partial charge in [-0.15, -0.1) is 11.3 Å². The number of hydrogen-bond acceptors (Lipinski definition) is 6. The van der Waals surface area contributed by atoms with Crippen LogP contribution in [0.3, 0.4) is 0 Å². The van der Waals surface area contributed by atoms with E-state index < -0.39 is 0 Å².